The van der Waals surface area contributed by atoms with Gasteiger partial charge >= 0.3 is 0 Å². The van der Waals surface area contributed by atoms with Crippen LogP contribution in [-0.2, 0) is 14.3 Å². The van der Waals surface area contributed by atoms with E-state index >= 15 is 0 Å². The van der Waals surface area contributed by atoms with E-state index in [-0.39, 0.29) is 23.7 Å². The molecule has 0 unspecified atom stereocenters. The molecule has 1 aromatic rings. The molecule has 114 valence electrons. The molecule has 1 N–H and O–H groups in total. The number of halogens is 1. The minimum absolute atomic E-state index is 0.138. The Bertz CT molecular complexity index is 518. The molecule has 0 spiro atoms. The van der Waals surface area contributed by atoms with Crippen molar-refractivity contribution < 1.29 is 18.7 Å². The molecule has 1 fully saturated rings. The van der Waals surface area contributed by atoms with Gasteiger partial charge in [0.25, 0.3) is 0 Å². The standard InChI is InChI=1S/C15H19FN2O3/c1-10(17-11(2)19)15(20)18-7-8-21-14(9-18)12-3-5-13(16)6-4-12/h3-6,10,14H,7-9H2,1-2H3,(H,17,19)/t10-,14-/m1/s1. The topological polar surface area (TPSA) is 58.6 Å². The molecule has 1 heterocycles. The molecule has 6 heteroatoms. The summed E-state index contributed by atoms with van der Waals surface area (Å²) in [5.74, 6) is -0.679. The van der Waals surface area contributed by atoms with Gasteiger partial charge < -0.3 is 15.0 Å². The van der Waals surface area contributed by atoms with Gasteiger partial charge in [-0.05, 0) is 24.6 Å². The zero-order chi connectivity index (χ0) is 15.4. The van der Waals surface area contributed by atoms with Gasteiger partial charge in [-0.15, -0.1) is 0 Å². The van der Waals surface area contributed by atoms with Gasteiger partial charge in [-0.25, -0.2) is 4.39 Å². The summed E-state index contributed by atoms with van der Waals surface area (Å²) in [6.45, 7) is 4.34. The van der Waals surface area contributed by atoms with Crippen LogP contribution >= 0.6 is 0 Å². The monoisotopic (exact) mass is 294 g/mol. The molecule has 0 saturated carbocycles. The van der Waals surface area contributed by atoms with Crippen LogP contribution in [0.2, 0.25) is 0 Å². The van der Waals surface area contributed by atoms with Crippen molar-refractivity contribution in [1.82, 2.24) is 10.2 Å². The Kier molecular flexibility index (Phi) is 4.90. The second kappa shape index (κ2) is 6.67. The Balaban J connectivity index is 2.01. The van der Waals surface area contributed by atoms with Crippen LogP contribution in [0.5, 0.6) is 0 Å². The van der Waals surface area contributed by atoms with E-state index in [1.165, 1.54) is 19.1 Å². The highest BCUT2D eigenvalue weighted by atomic mass is 19.1. The highest BCUT2D eigenvalue weighted by Crippen LogP contribution is 2.22. The summed E-state index contributed by atoms with van der Waals surface area (Å²) in [5, 5.41) is 2.58. The molecule has 2 rings (SSSR count). The molecule has 2 atom stereocenters. The number of carbonyl (C=O) groups is 2. The van der Waals surface area contributed by atoms with Gasteiger partial charge in [0.05, 0.1) is 13.2 Å². The van der Waals surface area contributed by atoms with Crippen LogP contribution in [0.25, 0.3) is 0 Å². The quantitative estimate of drug-likeness (QED) is 0.913. The maximum atomic E-state index is 12.9. The van der Waals surface area contributed by atoms with Gasteiger partial charge in [0.2, 0.25) is 11.8 Å². The lowest BCUT2D eigenvalue weighted by Crippen LogP contribution is -2.50. The molecule has 21 heavy (non-hydrogen) atoms. The van der Waals surface area contributed by atoms with Gasteiger partial charge in [0.15, 0.2) is 0 Å². The number of carbonyl (C=O) groups excluding carboxylic acids is 2. The Hall–Kier alpha value is -1.95. The van der Waals surface area contributed by atoms with E-state index in [2.05, 4.69) is 5.32 Å². The SMILES string of the molecule is CC(=O)N[C@H](C)C(=O)N1CCO[C@@H](c2ccc(F)cc2)C1. The fourth-order valence-electron chi connectivity index (χ4n) is 2.37. The third kappa shape index (κ3) is 4.01. The van der Waals surface area contributed by atoms with E-state index in [4.69, 9.17) is 4.74 Å². The second-order valence-corrected chi connectivity index (χ2v) is 5.12. The number of hydrogen-bond donors (Lipinski definition) is 1. The molecule has 5 nitrogen and oxygen atoms in total. The number of morpholine rings is 1. The summed E-state index contributed by atoms with van der Waals surface area (Å²) in [6.07, 6.45) is -0.271. The molecular weight excluding hydrogens is 275 g/mol. The maximum Gasteiger partial charge on any atom is 0.245 e. The van der Waals surface area contributed by atoms with Gasteiger partial charge in [0, 0.05) is 13.5 Å². The smallest absolute Gasteiger partial charge is 0.245 e. The average Bonchev–Trinajstić information content (AvgIpc) is 2.46. The molecule has 0 bridgehead atoms. The van der Waals surface area contributed by atoms with Gasteiger partial charge in [-0.1, -0.05) is 12.1 Å². The van der Waals surface area contributed by atoms with Crippen LogP contribution in [0.1, 0.15) is 25.5 Å². The number of rotatable bonds is 3. The molecule has 0 radical (unpaired) electrons. The molecule has 1 saturated heterocycles. The van der Waals surface area contributed by atoms with E-state index in [1.54, 1.807) is 24.0 Å². The minimum Gasteiger partial charge on any atom is -0.370 e. The van der Waals surface area contributed by atoms with Gasteiger partial charge in [-0.3, -0.25) is 9.59 Å². The molecule has 0 aliphatic carbocycles. The van der Waals surface area contributed by atoms with E-state index in [0.29, 0.717) is 19.7 Å². The van der Waals surface area contributed by atoms with Crippen molar-refractivity contribution in [1.29, 1.82) is 0 Å². The van der Waals surface area contributed by atoms with E-state index in [0.717, 1.165) is 5.56 Å². The van der Waals surface area contributed by atoms with Gasteiger partial charge in [-0.2, -0.15) is 0 Å². The molecule has 1 aliphatic rings. The molecule has 1 aliphatic heterocycles. The van der Waals surface area contributed by atoms with Crippen molar-refractivity contribution in [2.75, 3.05) is 19.7 Å². The lowest BCUT2D eigenvalue weighted by molar-refractivity contribution is -0.142. The number of benzene rings is 1. The predicted molar refractivity (Wildman–Crippen MR) is 75.0 cm³/mol. The summed E-state index contributed by atoms with van der Waals surface area (Å²) in [4.78, 5) is 24.9. The van der Waals surface area contributed by atoms with Crippen LogP contribution in [0.4, 0.5) is 4.39 Å². The summed E-state index contributed by atoms with van der Waals surface area (Å²) >= 11 is 0. The Morgan fingerprint density at radius 1 is 1.38 bits per heavy atom. The first-order valence-electron chi connectivity index (χ1n) is 6.90. The first-order valence-corrected chi connectivity index (χ1v) is 6.90. The van der Waals surface area contributed by atoms with Crippen molar-refractivity contribution in [3.05, 3.63) is 35.6 Å². The lowest BCUT2D eigenvalue weighted by atomic mass is 10.1. The maximum absolute atomic E-state index is 12.9. The number of amides is 2. The average molecular weight is 294 g/mol. The predicted octanol–water partition coefficient (Wildman–Crippen LogP) is 1.25. The van der Waals surface area contributed by atoms with Crippen LogP contribution in [0.15, 0.2) is 24.3 Å². The van der Waals surface area contributed by atoms with E-state index < -0.39 is 6.04 Å². The Labute approximate surface area is 123 Å². The Morgan fingerprint density at radius 2 is 2.05 bits per heavy atom. The third-order valence-electron chi connectivity index (χ3n) is 3.41. The second-order valence-electron chi connectivity index (χ2n) is 5.12. The molecule has 0 aromatic heterocycles. The highest BCUT2D eigenvalue weighted by molar-refractivity contribution is 5.86. The summed E-state index contributed by atoms with van der Waals surface area (Å²) in [6, 6.07) is 5.50. The van der Waals surface area contributed by atoms with Gasteiger partial charge in [0.1, 0.15) is 18.0 Å². The summed E-state index contributed by atoms with van der Waals surface area (Å²) < 4.78 is 18.6. The van der Waals surface area contributed by atoms with Crippen molar-refractivity contribution >= 4 is 11.8 Å². The van der Waals surface area contributed by atoms with Crippen LogP contribution in [0, 0.1) is 5.82 Å². The van der Waals surface area contributed by atoms with E-state index in [1.807, 2.05) is 0 Å². The number of nitrogens with zero attached hydrogens (tertiary/aromatic N) is 1. The van der Waals surface area contributed by atoms with Crippen molar-refractivity contribution in [3.8, 4) is 0 Å². The van der Waals surface area contributed by atoms with Crippen LogP contribution in [-0.4, -0.2) is 42.5 Å². The van der Waals surface area contributed by atoms with Crippen molar-refractivity contribution in [2.45, 2.75) is 26.0 Å². The molecule has 1 aromatic carbocycles. The normalized spacial score (nSPS) is 20.0. The molecule has 2 amide bonds. The number of ether oxygens (including phenoxy) is 1. The fourth-order valence-corrected chi connectivity index (χ4v) is 2.37. The fraction of sp³-hybridized carbons (Fsp3) is 0.467. The van der Waals surface area contributed by atoms with Crippen LogP contribution in [0.3, 0.4) is 0 Å². The zero-order valence-corrected chi connectivity index (χ0v) is 12.1. The number of hydrogen-bond acceptors (Lipinski definition) is 3. The Morgan fingerprint density at radius 3 is 2.67 bits per heavy atom. The first-order chi connectivity index (χ1) is 9.97. The van der Waals surface area contributed by atoms with Crippen molar-refractivity contribution in [3.63, 3.8) is 0 Å². The summed E-state index contributed by atoms with van der Waals surface area (Å²) in [5.41, 5.74) is 0.834. The zero-order valence-electron chi connectivity index (χ0n) is 12.1. The lowest BCUT2D eigenvalue weighted by Gasteiger charge is -2.34. The first kappa shape index (κ1) is 15.4. The third-order valence-corrected chi connectivity index (χ3v) is 3.41. The minimum atomic E-state index is -0.561. The van der Waals surface area contributed by atoms with Crippen molar-refractivity contribution in [2.24, 2.45) is 0 Å². The number of nitrogens with one attached hydrogen (secondary N) is 1. The molecular formula is C15H19FN2O3. The van der Waals surface area contributed by atoms with E-state index in [9.17, 15) is 14.0 Å². The van der Waals surface area contributed by atoms with Crippen LogP contribution < -0.4 is 5.32 Å². The highest BCUT2D eigenvalue weighted by Gasteiger charge is 2.28. The summed E-state index contributed by atoms with van der Waals surface area (Å²) in [7, 11) is 0. The largest absolute Gasteiger partial charge is 0.370 e.